The molecule has 0 bridgehead atoms. The van der Waals surface area contributed by atoms with Crippen LogP contribution in [0.1, 0.15) is 10.4 Å². The Morgan fingerprint density at radius 1 is 1.05 bits per heavy atom. The number of carbonyl (C=O) groups excluding carboxylic acids is 1. The summed E-state index contributed by atoms with van der Waals surface area (Å²) in [4.78, 5) is 12.2. The van der Waals surface area contributed by atoms with E-state index in [1.54, 1.807) is 18.2 Å². The van der Waals surface area contributed by atoms with E-state index in [1.165, 1.54) is 0 Å². The van der Waals surface area contributed by atoms with E-state index in [0.29, 0.717) is 30.3 Å². The van der Waals surface area contributed by atoms with Crippen LogP contribution in [0, 0.1) is 3.57 Å². The van der Waals surface area contributed by atoms with Gasteiger partial charge < -0.3 is 14.8 Å². The first-order valence-electron chi connectivity index (χ1n) is 6.19. The van der Waals surface area contributed by atoms with Crippen LogP contribution < -0.4 is 14.8 Å². The van der Waals surface area contributed by atoms with Gasteiger partial charge in [0.05, 0.1) is 0 Å². The lowest BCUT2D eigenvalue weighted by atomic mass is 10.1. The van der Waals surface area contributed by atoms with Crippen LogP contribution in [0.25, 0.3) is 0 Å². The second-order valence-electron chi connectivity index (χ2n) is 4.32. The number of anilines is 1. The van der Waals surface area contributed by atoms with Gasteiger partial charge in [-0.15, -0.1) is 0 Å². The summed E-state index contributed by atoms with van der Waals surface area (Å²) >= 11 is 2.21. The predicted molar refractivity (Wildman–Crippen MR) is 84.5 cm³/mol. The molecule has 102 valence electrons. The summed E-state index contributed by atoms with van der Waals surface area (Å²) in [6, 6.07) is 12.8. The lowest BCUT2D eigenvalue weighted by Gasteiger charge is -2.18. The molecule has 2 aromatic rings. The molecule has 0 saturated heterocycles. The van der Waals surface area contributed by atoms with Crippen LogP contribution in [-0.4, -0.2) is 19.1 Å². The number of hydrogen-bond acceptors (Lipinski definition) is 3. The number of benzene rings is 2. The number of halogens is 1. The molecular formula is C15H12INO3. The third kappa shape index (κ3) is 2.87. The number of carbonyl (C=O) groups is 1. The molecule has 1 aliphatic heterocycles. The average molecular weight is 381 g/mol. The lowest BCUT2D eigenvalue weighted by molar-refractivity contribution is 0.102. The number of ether oxygens (including phenoxy) is 2. The summed E-state index contributed by atoms with van der Waals surface area (Å²) in [6.07, 6.45) is 0. The zero-order chi connectivity index (χ0) is 13.9. The van der Waals surface area contributed by atoms with Gasteiger partial charge in [0, 0.05) is 14.8 Å². The number of nitrogens with one attached hydrogen (secondary N) is 1. The van der Waals surface area contributed by atoms with Crippen molar-refractivity contribution in [3.8, 4) is 11.5 Å². The monoisotopic (exact) mass is 381 g/mol. The van der Waals surface area contributed by atoms with Gasteiger partial charge in [0.2, 0.25) is 0 Å². The molecule has 0 saturated carbocycles. The van der Waals surface area contributed by atoms with Gasteiger partial charge in [-0.2, -0.15) is 0 Å². The molecule has 0 unspecified atom stereocenters. The molecule has 0 atom stereocenters. The van der Waals surface area contributed by atoms with Crippen LogP contribution in [0.15, 0.2) is 42.5 Å². The van der Waals surface area contributed by atoms with Gasteiger partial charge in [-0.25, -0.2) is 0 Å². The summed E-state index contributed by atoms with van der Waals surface area (Å²) in [7, 11) is 0. The van der Waals surface area contributed by atoms with E-state index in [9.17, 15) is 4.79 Å². The van der Waals surface area contributed by atoms with Crippen molar-refractivity contribution in [2.75, 3.05) is 18.5 Å². The van der Waals surface area contributed by atoms with Gasteiger partial charge in [0.25, 0.3) is 5.91 Å². The number of fused-ring (bicyclic) bond motifs is 1. The Morgan fingerprint density at radius 3 is 2.65 bits per heavy atom. The lowest BCUT2D eigenvalue weighted by Crippen LogP contribution is -2.17. The summed E-state index contributed by atoms with van der Waals surface area (Å²) in [6.45, 7) is 1.05. The van der Waals surface area contributed by atoms with E-state index in [4.69, 9.17) is 9.47 Å². The standard InChI is InChI=1S/C15H12INO3/c16-11-2-1-3-12(9-11)17-15(18)10-4-5-13-14(8-10)20-7-6-19-13/h1-5,8-9H,6-7H2,(H,17,18). The molecule has 0 fully saturated rings. The second-order valence-corrected chi connectivity index (χ2v) is 5.57. The highest BCUT2D eigenvalue weighted by molar-refractivity contribution is 14.1. The summed E-state index contributed by atoms with van der Waals surface area (Å²) in [5, 5.41) is 2.87. The molecule has 1 N–H and O–H groups in total. The molecular weight excluding hydrogens is 369 g/mol. The van der Waals surface area contributed by atoms with Crippen molar-refractivity contribution in [3.63, 3.8) is 0 Å². The third-order valence-corrected chi connectivity index (χ3v) is 3.56. The smallest absolute Gasteiger partial charge is 0.255 e. The van der Waals surface area contributed by atoms with Gasteiger partial charge in [0.15, 0.2) is 11.5 Å². The first kappa shape index (κ1) is 13.2. The third-order valence-electron chi connectivity index (χ3n) is 2.89. The molecule has 3 rings (SSSR count). The topological polar surface area (TPSA) is 47.6 Å². The Morgan fingerprint density at radius 2 is 1.85 bits per heavy atom. The SMILES string of the molecule is O=C(Nc1cccc(I)c1)c1ccc2c(c1)OCCO2. The highest BCUT2D eigenvalue weighted by atomic mass is 127. The van der Waals surface area contributed by atoms with Crippen LogP contribution in [-0.2, 0) is 0 Å². The predicted octanol–water partition coefficient (Wildman–Crippen LogP) is 3.31. The Balaban J connectivity index is 1.80. The second kappa shape index (κ2) is 5.70. The summed E-state index contributed by atoms with van der Waals surface area (Å²) in [5.74, 6) is 1.14. The summed E-state index contributed by atoms with van der Waals surface area (Å²) < 4.78 is 12.0. The van der Waals surface area contributed by atoms with Gasteiger partial charge in [-0.05, 0) is 59.0 Å². The van der Waals surface area contributed by atoms with Crippen molar-refractivity contribution in [1.29, 1.82) is 0 Å². The van der Waals surface area contributed by atoms with Crippen LogP contribution in [0.3, 0.4) is 0 Å². The molecule has 20 heavy (non-hydrogen) atoms. The zero-order valence-corrected chi connectivity index (χ0v) is 12.7. The minimum Gasteiger partial charge on any atom is -0.486 e. The fraction of sp³-hybridized carbons (Fsp3) is 0.133. The average Bonchev–Trinajstić information content (AvgIpc) is 2.47. The van der Waals surface area contributed by atoms with Crippen molar-refractivity contribution >= 4 is 34.2 Å². The fourth-order valence-corrected chi connectivity index (χ4v) is 2.50. The highest BCUT2D eigenvalue weighted by Crippen LogP contribution is 2.31. The maximum absolute atomic E-state index is 12.2. The molecule has 0 spiro atoms. The molecule has 0 aromatic heterocycles. The molecule has 0 aliphatic carbocycles. The molecule has 0 radical (unpaired) electrons. The maximum Gasteiger partial charge on any atom is 0.255 e. The van der Waals surface area contributed by atoms with Crippen molar-refractivity contribution in [1.82, 2.24) is 0 Å². The van der Waals surface area contributed by atoms with Crippen LogP contribution in [0.4, 0.5) is 5.69 Å². The van der Waals surface area contributed by atoms with Gasteiger partial charge in [0.1, 0.15) is 13.2 Å². The van der Waals surface area contributed by atoms with E-state index in [0.717, 1.165) is 9.26 Å². The quantitative estimate of drug-likeness (QED) is 0.813. The molecule has 1 amide bonds. The van der Waals surface area contributed by atoms with Gasteiger partial charge >= 0.3 is 0 Å². The molecule has 1 aliphatic rings. The number of amides is 1. The Kier molecular flexibility index (Phi) is 3.77. The summed E-state index contributed by atoms with van der Waals surface area (Å²) in [5.41, 5.74) is 1.32. The Labute approximate surface area is 130 Å². The first-order valence-corrected chi connectivity index (χ1v) is 7.27. The first-order chi connectivity index (χ1) is 9.72. The van der Waals surface area contributed by atoms with Crippen molar-refractivity contribution < 1.29 is 14.3 Å². The van der Waals surface area contributed by atoms with Crippen molar-refractivity contribution in [2.24, 2.45) is 0 Å². The van der Waals surface area contributed by atoms with Crippen LogP contribution in [0.5, 0.6) is 11.5 Å². The van der Waals surface area contributed by atoms with E-state index >= 15 is 0 Å². The van der Waals surface area contributed by atoms with E-state index in [-0.39, 0.29) is 5.91 Å². The van der Waals surface area contributed by atoms with E-state index in [2.05, 4.69) is 27.9 Å². The Hall–Kier alpha value is -1.76. The minimum atomic E-state index is -0.163. The molecule has 2 aromatic carbocycles. The van der Waals surface area contributed by atoms with Gasteiger partial charge in [-0.1, -0.05) is 6.07 Å². The van der Waals surface area contributed by atoms with Gasteiger partial charge in [-0.3, -0.25) is 4.79 Å². The largest absolute Gasteiger partial charge is 0.486 e. The maximum atomic E-state index is 12.2. The van der Waals surface area contributed by atoms with Crippen molar-refractivity contribution in [2.45, 2.75) is 0 Å². The molecule has 5 heteroatoms. The zero-order valence-electron chi connectivity index (χ0n) is 10.6. The number of hydrogen-bond donors (Lipinski definition) is 1. The van der Waals surface area contributed by atoms with Crippen molar-refractivity contribution in [3.05, 3.63) is 51.6 Å². The van der Waals surface area contributed by atoms with Crippen LogP contribution in [0.2, 0.25) is 0 Å². The Bertz CT molecular complexity index is 657. The molecule has 1 heterocycles. The normalized spacial score (nSPS) is 12.8. The van der Waals surface area contributed by atoms with E-state index in [1.807, 2.05) is 24.3 Å². The number of rotatable bonds is 2. The fourth-order valence-electron chi connectivity index (χ4n) is 1.95. The highest BCUT2D eigenvalue weighted by Gasteiger charge is 2.15. The molecule has 4 nitrogen and oxygen atoms in total. The van der Waals surface area contributed by atoms with E-state index < -0.39 is 0 Å². The minimum absolute atomic E-state index is 0.163. The van der Waals surface area contributed by atoms with Crippen LogP contribution >= 0.6 is 22.6 Å².